The van der Waals surface area contributed by atoms with Crippen LogP contribution in [0.15, 0.2) is 71.6 Å². The number of hydrogen-bond acceptors (Lipinski definition) is 7. The van der Waals surface area contributed by atoms with E-state index in [1.54, 1.807) is 45.0 Å². The number of carbonyl (C=O) groups excluding carboxylic acids is 2. The van der Waals surface area contributed by atoms with Crippen molar-refractivity contribution < 1.29 is 27.7 Å². The number of nitro benzene ring substituents is 1. The Morgan fingerprint density at radius 1 is 1.07 bits per heavy atom. The van der Waals surface area contributed by atoms with E-state index in [1.807, 2.05) is 0 Å². The van der Waals surface area contributed by atoms with Gasteiger partial charge in [-0.05, 0) is 69.2 Å². The van der Waals surface area contributed by atoms with Gasteiger partial charge in [-0.1, -0.05) is 42.8 Å². The maximum absolute atomic E-state index is 14.1. The zero-order chi connectivity index (χ0) is 31.9. The van der Waals surface area contributed by atoms with Crippen molar-refractivity contribution >= 4 is 44.8 Å². The van der Waals surface area contributed by atoms with E-state index in [9.17, 15) is 28.1 Å². The predicted octanol–water partition coefficient (Wildman–Crippen LogP) is 5.09. The van der Waals surface area contributed by atoms with Gasteiger partial charge in [-0.25, -0.2) is 8.42 Å². The van der Waals surface area contributed by atoms with E-state index in [0.29, 0.717) is 16.3 Å². The molecule has 0 aliphatic heterocycles. The lowest BCUT2D eigenvalue weighted by Crippen LogP contribution is -2.53. The largest absolute Gasteiger partial charge is 0.497 e. The van der Waals surface area contributed by atoms with E-state index in [-0.39, 0.29) is 40.8 Å². The standard InChI is InChI=1S/C30H35ClN4O7S/c1-6-27(30(37)32-20(2)3)33(18-22-9-7-8-10-26(22)31)29(36)19-34(23-12-14-24(42-5)15-13-23)43(40,41)25-16-11-21(4)28(17-25)35(38)39/h7-17,20,27H,6,18-19H2,1-5H3,(H,32,37)/t27-/m1/s1. The minimum Gasteiger partial charge on any atom is -0.497 e. The molecule has 0 spiro atoms. The van der Waals surface area contributed by atoms with Crippen LogP contribution in [0.4, 0.5) is 11.4 Å². The van der Waals surface area contributed by atoms with Gasteiger partial charge in [0.05, 0.1) is 22.6 Å². The van der Waals surface area contributed by atoms with Gasteiger partial charge in [-0.3, -0.25) is 24.0 Å². The third kappa shape index (κ3) is 8.02. The Morgan fingerprint density at radius 3 is 2.28 bits per heavy atom. The van der Waals surface area contributed by atoms with Crippen molar-refractivity contribution in [3.05, 3.63) is 93.0 Å². The number of sulfonamides is 1. The molecule has 0 aromatic heterocycles. The number of ether oxygens (including phenoxy) is 1. The van der Waals surface area contributed by atoms with Crippen LogP contribution in [-0.4, -0.2) is 55.8 Å². The number of nitrogens with zero attached hydrogens (tertiary/aromatic N) is 3. The molecule has 0 aliphatic carbocycles. The van der Waals surface area contributed by atoms with Gasteiger partial charge in [0.2, 0.25) is 11.8 Å². The highest BCUT2D eigenvalue weighted by Crippen LogP contribution is 2.30. The lowest BCUT2D eigenvalue weighted by molar-refractivity contribution is -0.385. The van der Waals surface area contributed by atoms with Gasteiger partial charge in [0, 0.05) is 29.2 Å². The summed E-state index contributed by atoms with van der Waals surface area (Å²) in [5.74, 6) is -0.618. The van der Waals surface area contributed by atoms with Gasteiger partial charge in [0.15, 0.2) is 0 Å². The molecule has 0 heterocycles. The second-order valence-electron chi connectivity index (χ2n) is 10.1. The number of aryl methyl sites for hydroxylation is 1. The van der Waals surface area contributed by atoms with E-state index >= 15 is 0 Å². The summed E-state index contributed by atoms with van der Waals surface area (Å²) >= 11 is 6.41. The van der Waals surface area contributed by atoms with Gasteiger partial charge in [-0.15, -0.1) is 0 Å². The fraction of sp³-hybridized carbons (Fsp3) is 0.333. The molecular formula is C30H35ClN4O7S. The van der Waals surface area contributed by atoms with E-state index in [0.717, 1.165) is 10.4 Å². The molecule has 0 saturated heterocycles. The molecule has 0 radical (unpaired) electrons. The highest BCUT2D eigenvalue weighted by atomic mass is 35.5. The number of anilines is 1. The fourth-order valence-corrected chi connectivity index (χ4v) is 6.09. The number of halogens is 1. The molecule has 13 heteroatoms. The third-order valence-electron chi connectivity index (χ3n) is 6.72. The molecule has 0 bridgehead atoms. The molecule has 230 valence electrons. The number of carbonyl (C=O) groups is 2. The van der Waals surface area contributed by atoms with Crippen LogP contribution in [-0.2, 0) is 26.2 Å². The van der Waals surface area contributed by atoms with Crippen LogP contribution in [0.25, 0.3) is 0 Å². The van der Waals surface area contributed by atoms with Crippen molar-refractivity contribution in [2.24, 2.45) is 0 Å². The maximum atomic E-state index is 14.1. The van der Waals surface area contributed by atoms with Crippen LogP contribution < -0.4 is 14.4 Å². The Labute approximate surface area is 256 Å². The van der Waals surface area contributed by atoms with Gasteiger partial charge < -0.3 is 15.0 Å². The average Bonchev–Trinajstić information content (AvgIpc) is 2.96. The summed E-state index contributed by atoms with van der Waals surface area (Å²) in [6, 6.07) is 15.3. The normalized spacial score (nSPS) is 12.0. The third-order valence-corrected chi connectivity index (χ3v) is 8.86. The van der Waals surface area contributed by atoms with Crippen LogP contribution in [0, 0.1) is 17.0 Å². The number of methoxy groups -OCH3 is 1. The molecule has 0 fully saturated rings. The summed E-state index contributed by atoms with van der Waals surface area (Å²) in [7, 11) is -3.06. The lowest BCUT2D eigenvalue weighted by atomic mass is 10.1. The fourth-order valence-electron chi connectivity index (χ4n) is 4.46. The molecule has 1 N–H and O–H groups in total. The zero-order valence-corrected chi connectivity index (χ0v) is 26.2. The van der Waals surface area contributed by atoms with E-state index < -0.39 is 39.3 Å². The van der Waals surface area contributed by atoms with Crippen LogP contribution >= 0.6 is 11.6 Å². The molecule has 0 aliphatic rings. The quantitative estimate of drug-likeness (QED) is 0.205. The summed E-state index contributed by atoms with van der Waals surface area (Å²) < 4.78 is 34.2. The highest BCUT2D eigenvalue weighted by Gasteiger charge is 2.34. The number of benzene rings is 3. The molecule has 0 saturated carbocycles. The molecule has 43 heavy (non-hydrogen) atoms. The van der Waals surface area contributed by atoms with Crippen molar-refractivity contribution in [3.8, 4) is 5.75 Å². The topological polar surface area (TPSA) is 139 Å². The first-order valence-electron chi connectivity index (χ1n) is 13.5. The number of rotatable bonds is 13. The zero-order valence-electron chi connectivity index (χ0n) is 24.6. The van der Waals surface area contributed by atoms with Crippen LogP contribution in [0.2, 0.25) is 5.02 Å². The molecule has 0 unspecified atom stereocenters. The van der Waals surface area contributed by atoms with Crippen LogP contribution in [0.3, 0.4) is 0 Å². The van der Waals surface area contributed by atoms with Crippen molar-refractivity contribution in [3.63, 3.8) is 0 Å². The summed E-state index contributed by atoms with van der Waals surface area (Å²) in [6.45, 7) is 6.08. The summed E-state index contributed by atoms with van der Waals surface area (Å²) in [6.07, 6.45) is 0.244. The first kappa shape index (κ1) is 33.3. The SMILES string of the molecule is CC[C@H](C(=O)NC(C)C)N(Cc1ccccc1Cl)C(=O)CN(c1ccc(OC)cc1)S(=O)(=O)c1ccc(C)c([N+](=O)[O-])c1. The lowest BCUT2D eigenvalue weighted by Gasteiger charge is -2.33. The second-order valence-corrected chi connectivity index (χ2v) is 12.4. The van der Waals surface area contributed by atoms with Crippen LogP contribution in [0.5, 0.6) is 5.75 Å². The van der Waals surface area contributed by atoms with Crippen molar-refractivity contribution in [2.75, 3.05) is 18.0 Å². The Hall–Kier alpha value is -4.16. The Kier molecular flexibility index (Phi) is 11.1. The average molecular weight is 631 g/mol. The summed E-state index contributed by atoms with van der Waals surface area (Å²) in [5, 5.41) is 14.8. The maximum Gasteiger partial charge on any atom is 0.273 e. The van der Waals surface area contributed by atoms with Gasteiger partial charge in [-0.2, -0.15) is 0 Å². The van der Waals surface area contributed by atoms with E-state index in [2.05, 4.69) is 5.32 Å². The number of nitro groups is 1. The number of nitrogens with one attached hydrogen (secondary N) is 1. The van der Waals surface area contributed by atoms with E-state index in [4.69, 9.17) is 16.3 Å². The molecule has 2 amide bonds. The molecular weight excluding hydrogens is 596 g/mol. The van der Waals surface area contributed by atoms with Crippen molar-refractivity contribution in [1.29, 1.82) is 0 Å². The first-order valence-corrected chi connectivity index (χ1v) is 15.4. The minimum absolute atomic E-state index is 0.0605. The van der Waals surface area contributed by atoms with E-state index in [1.165, 1.54) is 55.3 Å². The Balaban J connectivity index is 2.13. The first-order chi connectivity index (χ1) is 20.3. The van der Waals surface area contributed by atoms with Gasteiger partial charge in [0.1, 0.15) is 18.3 Å². The van der Waals surface area contributed by atoms with Gasteiger partial charge >= 0.3 is 0 Å². The second kappa shape index (κ2) is 14.3. The molecule has 3 rings (SSSR count). The van der Waals surface area contributed by atoms with Crippen molar-refractivity contribution in [1.82, 2.24) is 10.2 Å². The highest BCUT2D eigenvalue weighted by molar-refractivity contribution is 7.92. The molecule has 3 aromatic carbocycles. The Bertz CT molecular complexity index is 1580. The van der Waals surface area contributed by atoms with Gasteiger partial charge in [0.25, 0.3) is 15.7 Å². The monoisotopic (exact) mass is 630 g/mol. The summed E-state index contributed by atoms with van der Waals surface area (Å²) in [5.41, 5.74) is 0.596. The van der Waals surface area contributed by atoms with Crippen LogP contribution in [0.1, 0.15) is 38.3 Å². The smallest absolute Gasteiger partial charge is 0.273 e. The molecule has 11 nitrogen and oxygen atoms in total. The molecule has 1 atom stereocenters. The number of hydrogen-bond donors (Lipinski definition) is 1. The van der Waals surface area contributed by atoms with Crippen molar-refractivity contribution in [2.45, 2.75) is 57.6 Å². The predicted molar refractivity (Wildman–Crippen MR) is 165 cm³/mol. The summed E-state index contributed by atoms with van der Waals surface area (Å²) in [4.78, 5) is 39.2. The number of amides is 2. The minimum atomic E-state index is -4.51. The Morgan fingerprint density at radius 2 is 1.72 bits per heavy atom. The molecule has 3 aromatic rings.